The summed E-state index contributed by atoms with van der Waals surface area (Å²) >= 11 is 5.07. The van der Waals surface area contributed by atoms with Gasteiger partial charge in [-0.3, -0.25) is 15.5 Å². The molecule has 0 saturated heterocycles. The van der Waals surface area contributed by atoms with E-state index in [1.165, 1.54) is 12.3 Å². The minimum absolute atomic E-state index is 0.105. The van der Waals surface area contributed by atoms with E-state index in [1.807, 2.05) is 13.8 Å². The third-order valence-electron chi connectivity index (χ3n) is 3.02. The molecule has 0 atom stereocenters. The molecule has 0 amide bonds. The Balaban J connectivity index is 2.46. The summed E-state index contributed by atoms with van der Waals surface area (Å²) in [6, 6.07) is 5.03. The number of nitro groups is 1. The molecule has 0 fully saturated rings. The molecule has 8 heteroatoms. The van der Waals surface area contributed by atoms with Crippen molar-refractivity contribution in [2.45, 2.75) is 26.7 Å². The van der Waals surface area contributed by atoms with Gasteiger partial charge in [0.05, 0.1) is 11.1 Å². The van der Waals surface area contributed by atoms with Crippen LogP contribution in [0.5, 0.6) is 0 Å². The topological polar surface area (TPSA) is 88.8 Å². The number of ether oxygens (including phenoxy) is 1. The average Bonchev–Trinajstić information content (AvgIpc) is 2.54. The van der Waals surface area contributed by atoms with Crippen molar-refractivity contribution >= 4 is 29.2 Å². The van der Waals surface area contributed by atoms with E-state index in [2.05, 4.69) is 15.8 Å². The normalized spacial score (nSPS) is 10.7. The highest BCUT2D eigenvalue weighted by Crippen LogP contribution is 2.19. The van der Waals surface area contributed by atoms with Crippen LogP contribution in [-0.2, 0) is 11.2 Å². The second-order valence-corrected chi connectivity index (χ2v) is 5.08. The largest absolute Gasteiger partial charge is 0.382 e. The van der Waals surface area contributed by atoms with Gasteiger partial charge in [0.25, 0.3) is 5.69 Å². The van der Waals surface area contributed by atoms with Crippen molar-refractivity contribution in [1.82, 2.24) is 10.7 Å². The third kappa shape index (κ3) is 7.16. The minimum atomic E-state index is -0.381. The molecule has 1 rings (SSSR count). The van der Waals surface area contributed by atoms with Crippen molar-refractivity contribution in [3.05, 3.63) is 39.4 Å². The van der Waals surface area contributed by atoms with E-state index in [1.54, 1.807) is 12.1 Å². The monoisotopic (exact) mass is 338 g/mol. The smallest absolute Gasteiger partial charge is 0.273 e. The molecular weight excluding hydrogens is 316 g/mol. The van der Waals surface area contributed by atoms with Gasteiger partial charge in [0.15, 0.2) is 5.11 Å². The number of thiocarbonyl (C=S) groups is 1. The highest BCUT2D eigenvalue weighted by Gasteiger charge is 2.12. The third-order valence-corrected chi connectivity index (χ3v) is 3.26. The quantitative estimate of drug-likeness (QED) is 0.236. The standard InChI is InChI=1S/C15H22N4O3S/c1-3-13-7-6-12(10-14(13)19(20)21)11-17-18-15(23)16-8-5-9-22-4-2/h6-7,10-11H,3-5,8-9H2,1-2H3,(H2,16,18,23)/b17-11-. The van der Waals surface area contributed by atoms with Crippen LogP contribution in [0, 0.1) is 10.1 Å². The maximum atomic E-state index is 11.0. The number of nitrogens with one attached hydrogen (secondary N) is 2. The maximum Gasteiger partial charge on any atom is 0.273 e. The predicted molar refractivity (Wildman–Crippen MR) is 94.9 cm³/mol. The second-order valence-electron chi connectivity index (χ2n) is 4.68. The van der Waals surface area contributed by atoms with Gasteiger partial charge in [-0.25, -0.2) is 0 Å². The summed E-state index contributed by atoms with van der Waals surface area (Å²) in [6.07, 6.45) is 2.96. The molecule has 1 aromatic carbocycles. The second kappa shape index (κ2) is 10.6. The SMILES string of the molecule is CCOCCCNC(=S)N/N=C\c1ccc(CC)c([N+](=O)[O-])c1. The summed E-state index contributed by atoms with van der Waals surface area (Å²) in [5.41, 5.74) is 4.12. The molecule has 2 N–H and O–H groups in total. The number of nitrogens with zero attached hydrogens (tertiary/aromatic N) is 2. The lowest BCUT2D eigenvalue weighted by molar-refractivity contribution is -0.385. The fourth-order valence-electron chi connectivity index (χ4n) is 1.86. The first-order chi connectivity index (χ1) is 11.1. The molecule has 7 nitrogen and oxygen atoms in total. The van der Waals surface area contributed by atoms with Crippen LogP contribution in [0.3, 0.4) is 0 Å². The van der Waals surface area contributed by atoms with Crippen LogP contribution >= 0.6 is 12.2 Å². The molecular formula is C15H22N4O3S. The molecule has 0 aliphatic carbocycles. The number of nitro benzene ring substituents is 1. The van der Waals surface area contributed by atoms with Crippen LogP contribution in [0.2, 0.25) is 0 Å². The van der Waals surface area contributed by atoms with Gasteiger partial charge < -0.3 is 10.1 Å². The number of rotatable bonds is 9. The van der Waals surface area contributed by atoms with Gasteiger partial charge >= 0.3 is 0 Å². The zero-order chi connectivity index (χ0) is 17.1. The molecule has 0 bridgehead atoms. The molecule has 0 saturated carbocycles. The summed E-state index contributed by atoms with van der Waals surface area (Å²) < 4.78 is 5.22. The van der Waals surface area contributed by atoms with Gasteiger partial charge in [-0.05, 0) is 32.0 Å². The van der Waals surface area contributed by atoms with Crippen molar-refractivity contribution in [2.75, 3.05) is 19.8 Å². The lowest BCUT2D eigenvalue weighted by atomic mass is 10.1. The maximum absolute atomic E-state index is 11.0. The Morgan fingerprint density at radius 2 is 2.26 bits per heavy atom. The van der Waals surface area contributed by atoms with E-state index >= 15 is 0 Å². The Bertz CT molecular complexity index is 564. The minimum Gasteiger partial charge on any atom is -0.382 e. The van der Waals surface area contributed by atoms with Crippen LogP contribution in [0.25, 0.3) is 0 Å². The van der Waals surface area contributed by atoms with E-state index in [0.717, 1.165) is 6.42 Å². The first-order valence-electron chi connectivity index (χ1n) is 7.50. The van der Waals surface area contributed by atoms with Crippen LogP contribution in [0.15, 0.2) is 23.3 Å². The lowest BCUT2D eigenvalue weighted by Gasteiger charge is -2.06. The van der Waals surface area contributed by atoms with Crippen molar-refractivity contribution in [3.8, 4) is 0 Å². The molecule has 0 aliphatic rings. The zero-order valence-corrected chi connectivity index (χ0v) is 14.2. The van der Waals surface area contributed by atoms with E-state index in [0.29, 0.717) is 42.4 Å². The molecule has 0 spiro atoms. The van der Waals surface area contributed by atoms with Crippen molar-refractivity contribution < 1.29 is 9.66 Å². The van der Waals surface area contributed by atoms with Crippen molar-refractivity contribution in [3.63, 3.8) is 0 Å². The molecule has 0 aromatic heterocycles. The number of hydrogen-bond acceptors (Lipinski definition) is 5. The molecule has 0 unspecified atom stereocenters. The lowest BCUT2D eigenvalue weighted by Crippen LogP contribution is -2.33. The highest BCUT2D eigenvalue weighted by molar-refractivity contribution is 7.80. The van der Waals surface area contributed by atoms with Crippen molar-refractivity contribution in [2.24, 2.45) is 5.10 Å². The predicted octanol–water partition coefficient (Wildman–Crippen LogP) is 2.38. The molecule has 23 heavy (non-hydrogen) atoms. The van der Waals surface area contributed by atoms with Crippen LogP contribution < -0.4 is 10.7 Å². The number of aryl methyl sites for hydroxylation is 1. The Morgan fingerprint density at radius 1 is 1.48 bits per heavy atom. The molecule has 126 valence electrons. The summed E-state index contributed by atoms with van der Waals surface area (Å²) in [4.78, 5) is 10.6. The van der Waals surface area contributed by atoms with E-state index in [-0.39, 0.29) is 10.6 Å². The van der Waals surface area contributed by atoms with Gasteiger partial charge in [-0.15, -0.1) is 0 Å². The Kier molecular flexibility index (Phi) is 8.78. The summed E-state index contributed by atoms with van der Waals surface area (Å²) in [6.45, 7) is 5.91. The van der Waals surface area contributed by atoms with Crippen LogP contribution in [0.4, 0.5) is 5.69 Å². The molecule has 0 heterocycles. The number of hydrogen-bond donors (Lipinski definition) is 2. The fraction of sp³-hybridized carbons (Fsp3) is 0.467. The molecule has 1 aromatic rings. The summed E-state index contributed by atoms with van der Waals surface area (Å²) in [5.74, 6) is 0. The Morgan fingerprint density at radius 3 is 2.91 bits per heavy atom. The van der Waals surface area contributed by atoms with E-state index in [9.17, 15) is 10.1 Å². The number of hydrazone groups is 1. The zero-order valence-electron chi connectivity index (χ0n) is 13.4. The first-order valence-corrected chi connectivity index (χ1v) is 7.91. The Hall–Kier alpha value is -2.06. The number of benzene rings is 1. The van der Waals surface area contributed by atoms with Gasteiger partial charge in [0, 0.05) is 37.0 Å². The summed E-state index contributed by atoms with van der Waals surface area (Å²) in [7, 11) is 0. The van der Waals surface area contributed by atoms with Gasteiger partial charge in [-0.1, -0.05) is 19.1 Å². The van der Waals surface area contributed by atoms with Crippen molar-refractivity contribution in [1.29, 1.82) is 0 Å². The molecule has 0 aliphatic heterocycles. The molecule has 0 radical (unpaired) electrons. The summed E-state index contributed by atoms with van der Waals surface area (Å²) in [5, 5.41) is 18.4. The van der Waals surface area contributed by atoms with E-state index in [4.69, 9.17) is 17.0 Å². The first kappa shape index (κ1) is 19.0. The van der Waals surface area contributed by atoms with E-state index < -0.39 is 0 Å². The highest BCUT2D eigenvalue weighted by atomic mass is 32.1. The fourth-order valence-corrected chi connectivity index (χ4v) is 2.01. The van der Waals surface area contributed by atoms with Gasteiger partial charge in [0.2, 0.25) is 0 Å². The van der Waals surface area contributed by atoms with Gasteiger partial charge in [0.1, 0.15) is 0 Å². The van der Waals surface area contributed by atoms with Crippen LogP contribution in [0.1, 0.15) is 31.4 Å². The van der Waals surface area contributed by atoms with Gasteiger partial charge in [-0.2, -0.15) is 5.10 Å². The van der Waals surface area contributed by atoms with Crippen LogP contribution in [-0.4, -0.2) is 36.0 Å². The Labute approximate surface area is 141 Å². The average molecular weight is 338 g/mol.